The average Bonchev–Trinajstić information content (AvgIpc) is 3.33. The number of esters is 1. The minimum absolute atomic E-state index is 0.0841. The monoisotopic (exact) mass is 366 g/mol. The predicted octanol–water partition coefficient (Wildman–Crippen LogP) is 1.52. The van der Waals surface area contributed by atoms with Crippen LogP contribution in [0.5, 0.6) is 0 Å². The van der Waals surface area contributed by atoms with Gasteiger partial charge in [0.05, 0.1) is 12.7 Å². The summed E-state index contributed by atoms with van der Waals surface area (Å²) in [6.07, 6.45) is 2.62. The number of hydrogen-bond acceptors (Lipinski definition) is 6. The Labute approximate surface area is 154 Å². The van der Waals surface area contributed by atoms with Crippen LogP contribution in [0.3, 0.4) is 0 Å². The zero-order chi connectivity index (χ0) is 18.9. The fourth-order valence-corrected chi connectivity index (χ4v) is 6.20. The molecule has 3 fully saturated rings. The molecule has 1 saturated heterocycles. The Balaban J connectivity index is 1.62. The highest BCUT2D eigenvalue weighted by Crippen LogP contribution is 2.68. The summed E-state index contributed by atoms with van der Waals surface area (Å²) < 4.78 is 10.6. The number of aliphatic hydroxyl groups is 3. The molecule has 1 spiro atoms. The van der Waals surface area contributed by atoms with Crippen LogP contribution in [0, 0.1) is 22.7 Å². The highest BCUT2D eigenvalue weighted by Gasteiger charge is 2.73. The Morgan fingerprint density at radius 1 is 1.27 bits per heavy atom. The molecule has 6 nitrogen and oxygen atoms in total. The summed E-state index contributed by atoms with van der Waals surface area (Å²) in [5, 5.41) is 31.0. The third-order valence-corrected chi connectivity index (χ3v) is 8.33. The zero-order valence-corrected chi connectivity index (χ0v) is 15.8. The van der Waals surface area contributed by atoms with Gasteiger partial charge in [0.2, 0.25) is 6.29 Å². The van der Waals surface area contributed by atoms with Gasteiger partial charge < -0.3 is 24.8 Å². The van der Waals surface area contributed by atoms with E-state index in [9.17, 15) is 20.1 Å². The Kier molecular flexibility index (Phi) is 4.09. The van der Waals surface area contributed by atoms with E-state index in [0.29, 0.717) is 30.9 Å². The summed E-state index contributed by atoms with van der Waals surface area (Å²) >= 11 is 0. The number of aliphatic hydroxyl groups excluding tert-OH is 3. The first-order valence-corrected chi connectivity index (χ1v) is 9.73. The van der Waals surface area contributed by atoms with Crippen LogP contribution >= 0.6 is 0 Å². The Hall–Kier alpha value is -0.950. The van der Waals surface area contributed by atoms with E-state index in [-0.39, 0.29) is 16.7 Å². The van der Waals surface area contributed by atoms with Gasteiger partial charge in [-0.3, -0.25) is 0 Å². The molecule has 4 aliphatic rings. The summed E-state index contributed by atoms with van der Waals surface area (Å²) in [4.78, 5) is 11.4. The standard InChI is InChI=1S/C20H30O6/c1-11-4-7-19(3)14(9-13(21)16(23)20(19)10-25-20)18(11,2)6-5-12-8-15(22)26-17(12)24/h8,11,13-14,16-17,21,23-24H,4-7,9-10H2,1-3H3/t11-,13-,14+,16-,17+,18+,19-,20+/m1/s1. The summed E-state index contributed by atoms with van der Waals surface area (Å²) in [6.45, 7) is 7.22. The molecule has 0 aromatic carbocycles. The van der Waals surface area contributed by atoms with Gasteiger partial charge in [-0.05, 0) is 49.4 Å². The van der Waals surface area contributed by atoms with E-state index in [0.717, 1.165) is 19.3 Å². The van der Waals surface area contributed by atoms with Crippen LogP contribution in [0.1, 0.15) is 52.9 Å². The normalized spacial score (nSPS) is 53.2. The average molecular weight is 366 g/mol. The second-order valence-corrected chi connectivity index (χ2v) is 9.35. The molecule has 2 heterocycles. The molecule has 0 aromatic heterocycles. The van der Waals surface area contributed by atoms with Crippen molar-refractivity contribution >= 4 is 5.97 Å². The summed E-state index contributed by atoms with van der Waals surface area (Å²) in [6, 6.07) is 0. The fraction of sp³-hybridized carbons (Fsp3) is 0.850. The maximum Gasteiger partial charge on any atom is 0.333 e. The minimum atomic E-state index is -1.13. The van der Waals surface area contributed by atoms with E-state index in [4.69, 9.17) is 9.47 Å². The molecule has 26 heavy (non-hydrogen) atoms. The third-order valence-electron chi connectivity index (χ3n) is 8.33. The van der Waals surface area contributed by atoms with E-state index >= 15 is 0 Å². The van der Waals surface area contributed by atoms with E-state index in [1.807, 2.05) is 0 Å². The lowest BCUT2D eigenvalue weighted by Gasteiger charge is -2.61. The number of carbonyl (C=O) groups excluding carboxylic acids is 1. The molecule has 4 rings (SSSR count). The van der Waals surface area contributed by atoms with Crippen molar-refractivity contribution in [2.45, 2.75) is 77.0 Å². The van der Waals surface area contributed by atoms with Gasteiger partial charge in [-0.15, -0.1) is 0 Å². The first kappa shape index (κ1) is 18.4. The first-order valence-electron chi connectivity index (χ1n) is 9.73. The topological polar surface area (TPSA) is 99.5 Å². The first-order chi connectivity index (χ1) is 12.1. The van der Waals surface area contributed by atoms with E-state index < -0.39 is 30.1 Å². The second kappa shape index (κ2) is 5.77. The maximum atomic E-state index is 11.4. The quantitative estimate of drug-likeness (QED) is 0.517. The Bertz CT molecular complexity index is 640. The number of ether oxygens (including phenoxy) is 2. The van der Waals surface area contributed by atoms with E-state index in [2.05, 4.69) is 20.8 Å². The van der Waals surface area contributed by atoms with E-state index in [1.165, 1.54) is 6.08 Å². The lowest BCUT2D eigenvalue weighted by molar-refractivity contribution is -0.197. The second-order valence-electron chi connectivity index (χ2n) is 9.35. The molecule has 0 aromatic rings. The van der Waals surface area contributed by atoms with Gasteiger partial charge >= 0.3 is 5.97 Å². The van der Waals surface area contributed by atoms with Crippen LogP contribution in [0.15, 0.2) is 11.6 Å². The smallest absolute Gasteiger partial charge is 0.333 e. The molecular formula is C20H30O6. The van der Waals surface area contributed by atoms with Crippen molar-refractivity contribution in [3.8, 4) is 0 Å². The minimum Gasteiger partial charge on any atom is -0.429 e. The van der Waals surface area contributed by atoms with Crippen molar-refractivity contribution < 1.29 is 29.6 Å². The maximum absolute atomic E-state index is 11.4. The van der Waals surface area contributed by atoms with Crippen LogP contribution in [-0.2, 0) is 14.3 Å². The molecule has 6 heteroatoms. The summed E-state index contributed by atoms with van der Waals surface area (Å²) in [7, 11) is 0. The van der Waals surface area contributed by atoms with Gasteiger partial charge in [-0.25, -0.2) is 4.79 Å². The van der Waals surface area contributed by atoms with Gasteiger partial charge in [-0.2, -0.15) is 0 Å². The number of fused-ring (bicyclic) bond motifs is 2. The molecule has 0 unspecified atom stereocenters. The summed E-state index contributed by atoms with van der Waals surface area (Å²) in [5.41, 5.74) is -0.257. The largest absolute Gasteiger partial charge is 0.429 e. The Morgan fingerprint density at radius 2 is 1.96 bits per heavy atom. The van der Waals surface area contributed by atoms with Gasteiger partial charge in [0.1, 0.15) is 11.7 Å². The Morgan fingerprint density at radius 3 is 2.54 bits per heavy atom. The third kappa shape index (κ3) is 2.35. The van der Waals surface area contributed by atoms with Crippen molar-refractivity contribution in [1.29, 1.82) is 0 Å². The molecule has 0 amide bonds. The molecule has 0 radical (unpaired) electrons. The van der Waals surface area contributed by atoms with Crippen LogP contribution in [0.2, 0.25) is 0 Å². The molecule has 8 atom stereocenters. The highest BCUT2D eigenvalue weighted by molar-refractivity contribution is 5.85. The van der Waals surface area contributed by atoms with Gasteiger partial charge in [0, 0.05) is 17.1 Å². The van der Waals surface area contributed by atoms with Crippen LogP contribution < -0.4 is 0 Å². The lowest BCUT2D eigenvalue weighted by atomic mass is 9.43. The number of carbonyl (C=O) groups is 1. The molecule has 2 aliphatic carbocycles. The number of epoxide rings is 1. The van der Waals surface area contributed by atoms with Crippen LogP contribution in [0.25, 0.3) is 0 Å². The van der Waals surface area contributed by atoms with Gasteiger partial charge in [-0.1, -0.05) is 20.8 Å². The molecule has 3 N–H and O–H groups in total. The SMILES string of the molecule is C[C@@H]1CC[C@]2(C)[C@@H](C[C@@H](O)[C@@H](O)[C@@]23CO3)[C@@]1(C)CCC1=CC(=O)O[C@@H]1O. The number of hydrogen-bond donors (Lipinski definition) is 3. The lowest BCUT2D eigenvalue weighted by Crippen LogP contribution is -2.65. The van der Waals surface area contributed by atoms with Crippen molar-refractivity contribution in [3.63, 3.8) is 0 Å². The number of cyclic esters (lactones) is 1. The van der Waals surface area contributed by atoms with Crippen molar-refractivity contribution in [3.05, 3.63) is 11.6 Å². The summed E-state index contributed by atoms with van der Waals surface area (Å²) in [5.74, 6) is 0.158. The zero-order valence-electron chi connectivity index (χ0n) is 15.8. The highest BCUT2D eigenvalue weighted by atomic mass is 16.6. The fourth-order valence-electron chi connectivity index (χ4n) is 6.20. The molecule has 0 bridgehead atoms. The van der Waals surface area contributed by atoms with Gasteiger partial charge in [0.25, 0.3) is 0 Å². The van der Waals surface area contributed by atoms with Gasteiger partial charge in [0.15, 0.2) is 0 Å². The van der Waals surface area contributed by atoms with Crippen molar-refractivity contribution in [2.75, 3.05) is 6.61 Å². The predicted molar refractivity (Wildman–Crippen MR) is 92.8 cm³/mol. The van der Waals surface area contributed by atoms with Crippen molar-refractivity contribution in [1.82, 2.24) is 0 Å². The molecule has 2 aliphatic heterocycles. The number of rotatable bonds is 3. The molecule has 2 saturated carbocycles. The van der Waals surface area contributed by atoms with E-state index in [1.54, 1.807) is 0 Å². The van der Waals surface area contributed by atoms with Crippen LogP contribution in [-0.4, -0.2) is 52.0 Å². The van der Waals surface area contributed by atoms with Crippen molar-refractivity contribution in [2.24, 2.45) is 22.7 Å². The molecular weight excluding hydrogens is 336 g/mol. The molecule has 146 valence electrons. The van der Waals surface area contributed by atoms with Crippen LogP contribution in [0.4, 0.5) is 0 Å².